The zero-order valence-electron chi connectivity index (χ0n) is 18.0. The first-order valence-corrected chi connectivity index (χ1v) is 10.8. The number of rotatable bonds is 4. The fourth-order valence-corrected chi connectivity index (χ4v) is 4.24. The maximum Gasteiger partial charge on any atom is 0.416 e. The summed E-state index contributed by atoms with van der Waals surface area (Å²) in [6.07, 6.45) is 3.21. The second kappa shape index (κ2) is 8.24. The number of amides is 1. The van der Waals surface area contributed by atoms with Crippen LogP contribution >= 0.6 is 0 Å². The topological polar surface area (TPSA) is 67.2 Å². The van der Waals surface area contributed by atoms with Gasteiger partial charge in [-0.2, -0.15) is 18.3 Å². The lowest BCUT2D eigenvalue weighted by molar-refractivity contribution is -0.137. The quantitative estimate of drug-likeness (QED) is 0.515. The lowest BCUT2D eigenvalue weighted by Gasteiger charge is -2.22. The van der Waals surface area contributed by atoms with Gasteiger partial charge in [0.25, 0.3) is 5.91 Å². The first-order chi connectivity index (χ1) is 15.0. The molecular weight excluding hydrogens is 419 g/mol. The third-order valence-corrected chi connectivity index (χ3v) is 5.99. The normalized spacial score (nSPS) is 15.8. The van der Waals surface area contributed by atoms with Gasteiger partial charge in [0.05, 0.1) is 22.7 Å². The summed E-state index contributed by atoms with van der Waals surface area (Å²) in [6.45, 7) is 3.22. The van der Waals surface area contributed by atoms with Crippen molar-refractivity contribution in [3.63, 3.8) is 0 Å². The largest absolute Gasteiger partial charge is 0.416 e. The number of alkyl halides is 3. The third kappa shape index (κ3) is 4.65. The van der Waals surface area contributed by atoms with Crippen molar-refractivity contribution in [1.29, 1.82) is 0 Å². The fourth-order valence-electron chi connectivity index (χ4n) is 4.24. The highest BCUT2D eigenvalue weighted by Crippen LogP contribution is 2.35. The van der Waals surface area contributed by atoms with E-state index in [4.69, 9.17) is 5.10 Å². The van der Waals surface area contributed by atoms with E-state index >= 15 is 0 Å². The second-order valence-electron chi connectivity index (χ2n) is 8.95. The molecule has 1 fully saturated rings. The zero-order chi connectivity index (χ0) is 23.1. The monoisotopic (exact) mass is 445 g/mol. The van der Waals surface area contributed by atoms with Gasteiger partial charge in [-0.3, -0.25) is 9.48 Å². The SMILES string of the molecule is CC(C)(O)c1cc2nn(C3CCCCC3)cc2cc1NC(=O)c1ccc(C(F)(F)F)cc1. The van der Waals surface area contributed by atoms with Crippen molar-refractivity contribution < 1.29 is 23.1 Å². The summed E-state index contributed by atoms with van der Waals surface area (Å²) in [6, 6.07) is 7.90. The Morgan fingerprint density at radius 1 is 1.09 bits per heavy atom. The molecule has 8 heteroatoms. The minimum Gasteiger partial charge on any atom is -0.386 e. The van der Waals surface area contributed by atoms with E-state index in [-0.39, 0.29) is 5.56 Å². The molecule has 5 nitrogen and oxygen atoms in total. The van der Waals surface area contributed by atoms with E-state index in [0.29, 0.717) is 17.3 Å². The highest BCUT2D eigenvalue weighted by Gasteiger charge is 2.30. The molecule has 1 saturated carbocycles. The number of benzene rings is 2. The molecule has 2 N–H and O–H groups in total. The number of carbonyl (C=O) groups excluding carboxylic acids is 1. The number of anilines is 1. The van der Waals surface area contributed by atoms with Crippen LogP contribution in [0.5, 0.6) is 0 Å². The van der Waals surface area contributed by atoms with Gasteiger partial charge < -0.3 is 10.4 Å². The molecule has 4 rings (SSSR count). The number of aromatic nitrogens is 2. The van der Waals surface area contributed by atoms with Crippen LogP contribution in [0.2, 0.25) is 0 Å². The Balaban J connectivity index is 1.66. The van der Waals surface area contributed by atoms with Crippen LogP contribution < -0.4 is 5.32 Å². The molecule has 0 bridgehead atoms. The first-order valence-electron chi connectivity index (χ1n) is 10.8. The summed E-state index contributed by atoms with van der Waals surface area (Å²) >= 11 is 0. The molecule has 0 atom stereocenters. The molecule has 3 aromatic rings. The second-order valence-corrected chi connectivity index (χ2v) is 8.95. The minimum atomic E-state index is -4.47. The van der Waals surface area contributed by atoms with Crippen molar-refractivity contribution in [2.75, 3.05) is 5.32 Å². The number of nitrogens with zero attached hydrogens (tertiary/aromatic N) is 2. The molecule has 1 aliphatic rings. The third-order valence-electron chi connectivity index (χ3n) is 5.99. The Morgan fingerprint density at radius 2 is 1.75 bits per heavy atom. The van der Waals surface area contributed by atoms with Crippen LogP contribution in [0.4, 0.5) is 18.9 Å². The van der Waals surface area contributed by atoms with Gasteiger partial charge in [-0.05, 0) is 63.1 Å². The maximum atomic E-state index is 12.8. The van der Waals surface area contributed by atoms with E-state index in [1.54, 1.807) is 26.0 Å². The summed E-state index contributed by atoms with van der Waals surface area (Å²) in [4.78, 5) is 12.7. The van der Waals surface area contributed by atoms with Gasteiger partial charge in [0.2, 0.25) is 0 Å². The molecular formula is C24H26F3N3O2. The van der Waals surface area contributed by atoms with Gasteiger partial charge in [0, 0.05) is 28.4 Å². The highest BCUT2D eigenvalue weighted by molar-refractivity contribution is 6.05. The molecule has 0 spiro atoms. The van der Waals surface area contributed by atoms with Crippen molar-refractivity contribution in [1.82, 2.24) is 9.78 Å². The standard InChI is InChI=1S/C24H26F3N3O2/c1-23(2,32)19-13-20-16(14-30(29-20)18-6-4-3-5-7-18)12-21(19)28-22(31)15-8-10-17(11-9-15)24(25,26)27/h8-14,18,32H,3-7H2,1-2H3,(H,28,31). The molecule has 2 aromatic carbocycles. The van der Waals surface area contributed by atoms with Gasteiger partial charge in [0.15, 0.2) is 0 Å². The molecule has 0 unspecified atom stereocenters. The van der Waals surface area contributed by atoms with Gasteiger partial charge in [0.1, 0.15) is 0 Å². The Hall–Kier alpha value is -2.87. The van der Waals surface area contributed by atoms with Crippen LogP contribution in [-0.4, -0.2) is 20.8 Å². The van der Waals surface area contributed by atoms with Crippen LogP contribution in [0.25, 0.3) is 10.9 Å². The van der Waals surface area contributed by atoms with E-state index in [1.807, 2.05) is 10.9 Å². The molecule has 1 aromatic heterocycles. The Kier molecular flexibility index (Phi) is 5.75. The summed E-state index contributed by atoms with van der Waals surface area (Å²) in [5, 5.41) is 19.0. The van der Waals surface area contributed by atoms with Crippen LogP contribution in [0.15, 0.2) is 42.6 Å². The van der Waals surface area contributed by atoms with Crippen LogP contribution in [0.3, 0.4) is 0 Å². The number of carbonyl (C=O) groups is 1. The van der Waals surface area contributed by atoms with E-state index in [2.05, 4.69) is 5.32 Å². The molecule has 0 aliphatic heterocycles. The molecule has 32 heavy (non-hydrogen) atoms. The molecule has 1 amide bonds. The summed E-state index contributed by atoms with van der Waals surface area (Å²) < 4.78 is 40.4. The van der Waals surface area contributed by atoms with Crippen molar-refractivity contribution >= 4 is 22.5 Å². The minimum absolute atomic E-state index is 0.0951. The van der Waals surface area contributed by atoms with E-state index in [1.165, 1.54) is 19.3 Å². The van der Waals surface area contributed by atoms with E-state index < -0.39 is 23.2 Å². The predicted octanol–water partition coefficient (Wildman–Crippen LogP) is 6.04. The number of nitrogens with one attached hydrogen (secondary N) is 1. The zero-order valence-corrected chi connectivity index (χ0v) is 18.0. The average molecular weight is 445 g/mol. The fraction of sp³-hybridized carbons (Fsp3) is 0.417. The summed E-state index contributed by atoms with van der Waals surface area (Å²) in [7, 11) is 0. The molecule has 1 aliphatic carbocycles. The van der Waals surface area contributed by atoms with Crippen LogP contribution in [0, 0.1) is 0 Å². The number of hydrogen-bond acceptors (Lipinski definition) is 3. The van der Waals surface area contributed by atoms with Crippen molar-refractivity contribution in [3.05, 3.63) is 59.3 Å². The van der Waals surface area contributed by atoms with Crippen molar-refractivity contribution in [2.45, 2.75) is 63.8 Å². The Morgan fingerprint density at radius 3 is 2.34 bits per heavy atom. The lowest BCUT2D eigenvalue weighted by Crippen LogP contribution is -2.21. The van der Waals surface area contributed by atoms with E-state index in [0.717, 1.165) is 48.0 Å². The Bertz CT molecular complexity index is 1120. The number of fused-ring (bicyclic) bond motifs is 1. The highest BCUT2D eigenvalue weighted by atomic mass is 19.4. The summed E-state index contributed by atoms with van der Waals surface area (Å²) in [5.74, 6) is -0.553. The maximum absolute atomic E-state index is 12.8. The smallest absolute Gasteiger partial charge is 0.386 e. The van der Waals surface area contributed by atoms with Gasteiger partial charge in [-0.25, -0.2) is 0 Å². The molecule has 170 valence electrons. The van der Waals surface area contributed by atoms with Crippen LogP contribution in [0.1, 0.15) is 73.5 Å². The lowest BCUT2D eigenvalue weighted by atomic mass is 9.95. The molecule has 0 saturated heterocycles. The predicted molar refractivity (Wildman–Crippen MR) is 116 cm³/mol. The van der Waals surface area contributed by atoms with Gasteiger partial charge in [-0.1, -0.05) is 19.3 Å². The van der Waals surface area contributed by atoms with Crippen molar-refractivity contribution in [2.24, 2.45) is 0 Å². The van der Waals surface area contributed by atoms with Gasteiger partial charge in [-0.15, -0.1) is 0 Å². The van der Waals surface area contributed by atoms with E-state index in [9.17, 15) is 23.1 Å². The van der Waals surface area contributed by atoms with Crippen molar-refractivity contribution in [3.8, 4) is 0 Å². The Labute approximate surface area is 184 Å². The average Bonchev–Trinajstić information content (AvgIpc) is 3.16. The summed E-state index contributed by atoms with van der Waals surface area (Å²) in [5.41, 5.74) is -0.371. The first kappa shape index (κ1) is 22.3. The number of halogens is 3. The van der Waals surface area contributed by atoms with Crippen LogP contribution in [-0.2, 0) is 11.8 Å². The molecule has 0 radical (unpaired) electrons. The molecule has 1 heterocycles. The number of hydrogen-bond donors (Lipinski definition) is 2. The van der Waals surface area contributed by atoms with Gasteiger partial charge >= 0.3 is 6.18 Å². The number of aliphatic hydroxyl groups is 1.